The van der Waals surface area contributed by atoms with Gasteiger partial charge < -0.3 is 14.8 Å². The molecular weight excluding hydrogens is 763 g/mol. The van der Waals surface area contributed by atoms with Crippen molar-refractivity contribution in [3.8, 4) is 16.8 Å². The minimum absolute atomic E-state index is 0.110. The number of fused-ring (bicyclic) bond motifs is 10. The molecule has 2 unspecified atom stereocenters. The number of anilines is 2. The summed E-state index contributed by atoms with van der Waals surface area (Å²) in [6.07, 6.45) is 7.92. The Balaban J connectivity index is 1.08. The number of para-hydroxylation sites is 2. The third-order valence-corrected chi connectivity index (χ3v) is 13.2. The Morgan fingerprint density at radius 1 is 0.524 bits per heavy atom. The Morgan fingerprint density at radius 2 is 1.21 bits per heavy atom. The summed E-state index contributed by atoms with van der Waals surface area (Å²) in [5.41, 5.74) is 17.2. The molecule has 10 aromatic rings. The molecule has 2 heterocycles. The Morgan fingerprint density at radius 3 is 2.06 bits per heavy atom. The number of hydrogen-bond donors (Lipinski definition) is 1. The normalized spacial score (nSPS) is 15.4. The molecule has 300 valence electrons. The molecule has 3 nitrogen and oxygen atoms in total. The highest BCUT2D eigenvalue weighted by molar-refractivity contribution is 6.18. The highest BCUT2D eigenvalue weighted by Crippen LogP contribution is 2.56. The molecule has 9 aromatic carbocycles. The zero-order valence-corrected chi connectivity index (χ0v) is 34.9. The third kappa shape index (κ3) is 6.52. The summed E-state index contributed by atoms with van der Waals surface area (Å²) in [6.45, 7) is 0.703. The zero-order valence-electron chi connectivity index (χ0n) is 34.9. The second-order valence-corrected chi connectivity index (χ2v) is 16.9. The molecule has 12 rings (SSSR count). The highest BCUT2D eigenvalue weighted by atomic mass is 15.2. The van der Waals surface area contributed by atoms with Crippen molar-refractivity contribution in [1.82, 2.24) is 9.88 Å². The number of allylic oxidation sites excluding steroid dienone is 1. The van der Waals surface area contributed by atoms with Gasteiger partial charge in [-0.3, -0.25) is 0 Å². The van der Waals surface area contributed by atoms with Crippen LogP contribution in [0.4, 0.5) is 11.4 Å². The first-order valence-electron chi connectivity index (χ1n) is 22.1. The lowest BCUT2D eigenvalue weighted by molar-refractivity contribution is 0.667. The molecule has 0 saturated heterocycles. The largest absolute Gasteiger partial charge is 0.381 e. The lowest BCUT2D eigenvalue weighted by Gasteiger charge is -2.34. The molecule has 0 spiro atoms. The topological polar surface area (TPSA) is 20.2 Å². The smallest absolute Gasteiger partial charge is 0.0701 e. The molecule has 2 atom stereocenters. The molecule has 63 heavy (non-hydrogen) atoms. The molecule has 0 fully saturated rings. The Bertz CT molecular complexity index is 3380. The van der Waals surface area contributed by atoms with Crippen LogP contribution >= 0.6 is 0 Å². The van der Waals surface area contributed by atoms with E-state index in [0.29, 0.717) is 6.54 Å². The van der Waals surface area contributed by atoms with Crippen molar-refractivity contribution in [3.05, 3.63) is 258 Å². The van der Waals surface area contributed by atoms with Crippen LogP contribution in [0.1, 0.15) is 45.3 Å². The van der Waals surface area contributed by atoms with Gasteiger partial charge >= 0.3 is 0 Å². The van der Waals surface area contributed by atoms with E-state index in [1.54, 1.807) is 0 Å². The first-order valence-corrected chi connectivity index (χ1v) is 22.1. The molecule has 3 heteroatoms. The summed E-state index contributed by atoms with van der Waals surface area (Å²) in [5.74, 6) is 0.227. The van der Waals surface area contributed by atoms with E-state index < -0.39 is 0 Å². The lowest BCUT2D eigenvalue weighted by Crippen LogP contribution is -2.24. The van der Waals surface area contributed by atoms with E-state index in [1.807, 2.05) is 0 Å². The van der Waals surface area contributed by atoms with Crippen LogP contribution < -0.4 is 10.2 Å². The summed E-state index contributed by atoms with van der Waals surface area (Å²) in [4.78, 5) is 2.62. The monoisotopic (exact) mass is 807 g/mol. The van der Waals surface area contributed by atoms with Gasteiger partial charge in [0.2, 0.25) is 0 Å². The average molecular weight is 808 g/mol. The first-order chi connectivity index (χ1) is 31.2. The van der Waals surface area contributed by atoms with Gasteiger partial charge in [0.25, 0.3) is 0 Å². The Labute approximate surface area is 368 Å². The summed E-state index contributed by atoms with van der Waals surface area (Å²) in [7, 11) is 0. The van der Waals surface area contributed by atoms with E-state index in [0.717, 1.165) is 23.4 Å². The molecule has 1 aliphatic carbocycles. The van der Waals surface area contributed by atoms with E-state index in [4.69, 9.17) is 0 Å². The van der Waals surface area contributed by atoms with Crippen molar-refractivity contribution in [1.29, 1.82) is 0 Å². The first kappa shape index (κ1) is 36.9. The summed E-state index contributed by atoms with van der Waals surface area (Å²) < 4.78 is 2.52. The minimum atomic E-state index is 0.110. The van der Waals surface area contributed by atoms with E-state index in [-0.39, 0.29) is 12.0 Å². The fraction of sp³-hybridized carbons (Fsp3) is 0.0667. The van der Waals surface area contributed by atoms with Crippen LogP contribution in [0.3, 0.4) is 0 Å². The SMILES string of the molecule is C1=CC2c3ccccc3N(c3cc(/C(=C/Cc4ccc(-c5ccccc5)cc4)NCc4ccccc4)cc(-n4c5ccccc5c5ccc6ccccc6c54)c3)C2c2ccccc21. The van der Waals surface area contributed by atoms with Gasteiger partial charge in [-0.1, -0.05) is 200 Å². The molecule has 0 bridgehead atoms. The summed E-state index contributed by atoms with van der Waals surface area (Å²) >= 11 is 0. The molecule has 1 aliphatic heterocycles. The minimum Gasteiger partial charge on any atom is -0.381 e. The van der Waals surface area contributed by atoms with Gasteiger partial charge in [-0.2, -0.15) is 0 Å². The van der Waals surface area contributed by atoms with Crippen molar-refractivity contribution in [2.45, 2.75) is 24.9 Å². The zero-order chi connectivity index (χ0) is 41.7. The number of nitrogens with zero attached hydrogens (tertiary/aromatic N) is 2. The van der Waals surface area contributed by atoms with Crippen molar-refractivity contribution in [2.75, 3.05) is 4.90 Å². The quantitative estimate of drug-likeness (QED) is 0.157. The second kappa shape index (κ2) is 15.5. The van der Waals surface area contributed by atoms with Crippen LogP contribution in [0.15, 0.2) is 224 Å². The molecule has 1 aromatic heterocycles. The van der Waals surface area contributed by atoms with Gasteiger partial charge in [0, 0.05) is 56.9 Å². The van der Waals surface area contributed by atoms with E-state index in [2.05, 4.69) is 245 Å². The van der Waals surface area contributed by atoms with Crippen LogP contribution in [-0.4, -0.2) is 4.57 Å². The summed E-state index contributed by atoms with van der Waals surface area (Å²) in [6, 6.07) is 78.1. The molecule has 0 saturated carbocycles. The molecular formula is C60H45N3. The van der Waals surface area contributed by atoms with Crippen LogP contribution in [0.2, 0.25) is 0 Å². The molecule has 1 N–H and O–H groups in total. The van der Waals surface area contributed by atoms with Gasteiger partial charge in [-0.05, 0) is 81.1 Å². The van der Waals surface area contributed by atoms with E-state index >= 15 is 0 Å². The van der Waals surface area contributed by atoms with Crippen molar-refractivity contribution in [2.24, 2.45) is 0 Å². The van der Waals surface area contributed by atoms with E-state index in [1.165, 1.54) is 82.9 Å². The van der Waals surface area contributed by atoms with Crippen LogP contribution in [0, 0.1) is 0 Å². The Hall–Kier alpha value is -7.88. The fourth-order valence-electron chi connectivity index (χ4n) is 10.2. The van der Waals surface area contributed by atoms with E-state index in [9.17, 15) is 0 Å². The number of aromatic nitrogens is 1. The Kier molecular flexibility index (Phi) is 9.11. The van der Waals surface area contributed by atoms with Gasteiger partial charge in [-0.25, -0.2) is 0 Å². The van der Waals surface area contributed by atoms with Gasteiger partial charge in [0.15, 0.2) is 0 Å². The standard InChI is InChI=1S/C60H45N3/c1-3-15-42(16-4-1)40-61-56(36-29-41-27-30-44(31-28-41)43-17-5-2-6-18-43)47-37-48(62-57-25-13-11-23-52(57)54-34-32-45-19-7-9-21-50(45)59(54)62)39-49(38-47)63-58-26-14-12-24-53(58)55-35-33-46-20-8-10-22-51(46)60(55)63/h1-28,30-39,54,59,61H,29,40H2/b56-36-. The van der Waals surface area contributed by atoms with Crippen molar-refractivity contribution < 1.29 is 0 Å². The predicted molar refractivity (Wildman–Crippen MR) is 265 cm³/mol. The number of hydrogen-bond acceptors (Lipinski definition) is 2. The highest BCUT2D eigenvalue weighted by Gasteiger charge is 2.41. The van der Waals surface area contributed by atoms with Crippen LogP contribution in [-0.2, 0) is 13.0 Å². The average Bonchev–Trinajstić information content (AvgIpc) is 3.88. The number of benzene rings is 9. The lowest BCUT2D eigenvalue weighted by atomic mass is 9.83. The maximum absolute atomic E-state index is 3.97. The number of rotatable bonds is 9. The van der Waals surface area contributed by atoms with Crippen molar-refractivity contribution in [3.63, 3.8) is 0 Å². The maximum atomic E-state index is 3.97. The van der Waals surface area contributed by atoms with Crippen LogP contribution in [0.25, 0.3) is 61.2 Å². The van der Waals surface area contributed by atoms with Gasteiger partial charge in [0.1, 0.15) is 0 Å². The number of nitrogens with one attached hydrogen (secondary N) is 1. The molecule has 2 aliphatic rings. The maximum Gasteiger partial charge on any atom is 0.0701 e. The third-order valence-electron chi connectivity index (χ3n) is 13.2. The molecule has 0 radical (unpaired) electrons. The van der Waals surface area contributed by atoms with Crippen molar-refractivity contribution >= 4 is 55.7 Å². The van der Waals surface area contributed by atoms with Gasteiger partial charge in [0.05, 0.1) is 17.1 Å². The molecule has 0 amide bonds. The van der Waals surface area contributed by atoms with Gasteiger partial charge in [-0.15, -0.1) is 0 Å². The predicted octanol–water partition coefficient (Wildman–Crippen LogP) is 15.0. The second-order valence-electron chi connectivity index (χ2n) is 16.9. The summed E-state index contributed by atoms with van der Waals surface area (Å²) in [5, 5.41) is 8.95. The van der Waals surface area contributed by atoms with Crippen LogP contribution in [0.5, 0.6) is 0 Å². The fourth-order valence-corrected chi connectivity index (χ4v) is 10.2.